The first-order valence-electron chi connectivity index (χ1n) is 10.9. The van der Waals surface area contributed by atoms with Crippen LogP contribution in [-0.2, 0) is 12.8 Å². The Hall–Kier alpha value is -2.75. The van der Waals surface area contributed by atoms with Crippen LogP contribution < -0.4 is 10.2 Å². The quantitative estimate of drug-likeness (QED) is 0.623. The molecule has 2 aromatic carbocycles. The third-order valence-corrected chi connectivity index (χ3v) is 6.00. The van der Waals surface area contributed by atoms with Gasteiger partial charge in [-0.3, -0.25) is 4.79 Å². The van der Waals surface area contributed by atoms with Crippen molar-refractivity contribution in [3.05, 3.63) is 64.8 Å². The molecule has 2 N–H and O–H groups in total. The lowest BCUT2D eigenvalue weighted by Crippen LogP contribution is -2.29. The first kappa shape index (κ1) is 19.6. The number of carbonyl (C=O) groups excluding carboxylic acids is 1. The normalized spacial score (nSPS) is 14.3. The van der Waals surface area contributed by atoms with Gasteiger partial charge >= 0.3 is 0 Å². The van der Waals surface area contributed by atoms with Crippen molar-refractivity contribution in [3.63, 3.8) is 0 Å². The molecule has 4 nitrogen and oxygen atoms in total. The standard InChI is InChI=1S/C25H31N3O/c1-3-21-22-17-18(2)7-12-23(22)27-24(21)25(29)26-14-13-19-8-10-20(11-9-19)28-15-5-4-6-16-28/h7-12,17,27H,3-6,13-16H2,1-2H3,(H,26,29). The summed E-state index contributed by atoms with van der Waals surface area (Å²) in [7, 11) is 0. The number of H-pyrrole nitrogens is 1. The zero-order chi connectivity index (χ0) is 20.2. The Morgan fingerprint density at radius 1 is 1.07 bits per heavy atom. The number of anilines is 1. The number of benzene rings is 2. The van der Waals surface area contributed by atoms with Crippen molar-refractivity contribution in [2.24, 2.45) is 0 Å². The number of aromatic nitrogens is 1. The molecule has 1 aromatic heterocycles. The smallest absolute Gasteiger partial charge is 0.268 e. The predicted octanol–water partition coefficient (Wildman–Crippen LogP) is 5.00. The summed E-state index contributed by atoms with van der Waals surface area (Å²) in [5.41, 5.74) is 6.63. The Morgan fingerprint density at radius 3 is 2.55 bits per heavy atom. The minimum absolute atomic E-state index is 0.0133. The number of rotatable bonds is 6. The van der Waals surface area contributed by atoms with Gasteiger partial charge in [0.2, 0.25) is 0 Å². The highest BCUT2D eigenvalue weighted by atomic mass is 16.1. The van der Waals surface area contributed by atoms with Gasteiger partial charge in [0.05, 0.1) is 0 Å². The fraction of sp³-hybridized carbons (Fsp3) is 0.400. The summed E-state index contributed by atoms with van der Waals surface area (Å²) in [4.78, 5) is 18.6. The van der Waals surface area contributed by atoms with Gasteiger partial charge in [0.15, 0.2) is 0 Å². The maximum absolute atomic E-state index is 12.8. The zero-order valence-corrected chi connectivity index (χ0v) is 17.6. The van der Waals surface area contributed by atoms with E-state index in [0.717, 1.165) is 29.3 Å². The van der Waals surface area contributed by atoms with Gasteiger partial charge in [-0.1, -0.05) is 30.7 Å². The maximum atomic E-state index is 12.8. The molecule has 4 rings (SSSR count). The van der Waals surface area contributed by atoms with E-state index >= 15 is 0 Å². The molecule has 1 aliphatic rings. The summed E-state index contributed by atoms with van der Waals surface area (Å²) in [6.07, 6.45) is 5.61. The van der Waals surface area contributed by atoms with E-state index < -0.39 is 0 Å². The highest BCUT2D eigenvalue weighted by molar-refractivity contribution is 6.01. The van der Waals surface area contributed by atoms with E-state index in [1.807, 2.05) is 0 Å². The van der Waals surface area contributed by atoms with Crippen molar-refractivity contribution < 1.29 is 4.79 Å². The predicted molar refractivity (Wildman–Crippen MR) is 121 cm³/mol. The van der Waals surface area contributed by atoms with Crippen molar-refractivity contribution in [1.82, 2.24) is 10.3 Å². The molecule has 1 aliphatic heterocycles. The molecule has 152 valence electrons. The van der Waals surface area contributed by atoms with Crippen LogP contribution in [0.4, 0.5) is 5.69 Å². The Kier molecular flexibility index (Phi) is 5.89. The first-order valence-corrected chi connectivity index (χ1v) is 10.9. The average Bonchev–Trinajstić information content (AvgIpc) is 3.12. The average molecular weight is 390 g/mol. The van der Waals surface area contributed by atoms with E-state index in [1.54, 1.807) is 0 Å². The number of piperidine rings is 1. The molecule has 0 unspecified atom stereocenters. The summed E-state index contributed by atoms with van der Waals surface area (Å²) in [6, 6.07) is 15.1. The molecular weight excluding hydrogens is 358 g/mol. The van der Waals surface area contributed by atoms with E-state index in [9.17, 15) is 4.79 Å². The minimum Gasteiger partial charge on any atom is -0.372 e. The zero-order valence-electron chi connectivity index (χ0n) is 17.6. The fourth-order valence-electron chi connectivity index (χ4n) is 4.36. The highest BCUT2D eigenvalue weighted by Crippen LogP contribution is 2.24. The SMILES string of the molecule is CCc1c(C(=O)NCCc2ccc(N3CCCCC3)cc2)[nH]c2ccc(C)cc12. The molecule has 0 atom stereocenters. The van der Waals surface area contributed by atoms with Crippen molar-refractivity contribution in [2.75, 3.05) is 24.5 Å². The second-order valence-electron chi connectivity index (χ2n) is 8.10. The van der Waals surface area contributed by atoms with E-state index in [2.05, 4.69) is 71.5 Å². The molecule has 0 radical (unpaired) electrons. The second-order valence-corrected chi connectivity index (χ2v) is 8.10. The van der Waals surface area contributed by atoms with Gasteiger partial charge in [-0.15, -0.1) is 0 Å². The number of aryl methyl sites for hydroxylation is 2. The molecule has 29 heavy (non-hydrogen) atoms. The van der Waals surface area contributed by atoms with Crippen LogP contribution in [0.2, 0.25) is 0 Å². The van der Waals surface area contributed by atoms with Crippen LogP contribution >= 0.6 is 0 Å². The van der Waals surface area contributed by atoms with Gasteiger partial charge in [-0.2, -0.15) is 0 Å². The van der Waals surface area contributed by atoms with Crippen LogP contribution in [0.1, 0.15) is 53.4 Å². The number of fused-ring (bicyclic) bond motifs is 1. The lowest BCUT2D eigenvalue weighted by molar-refractivity contribution is 0.0949. The first-order chi connectivity index (χ1) is 14.2. The van der Waals surface area contributed by atoms with Gasteiger partial charge in [-0.25, -0.2) is 0 Å². The molecule has 1 fully saturated rings. The van der Waals surface area contributed by atoms with Gasteiger partial charge < -0.3 is 15.2 Å². The topological polar surface area (TPSA) is 48.1 Å². The van der Waals surface area contributed by atoms with Crippen LogP contribution in [0.5, 0.6) is 0 Å². The van der Waals surface area contributed by atoms with Gasteiger partial charge in [-0.05, 0) is 74.4 Å². The van der Waals surface area contributed by atoms with E-state index in [-0.39, 0.29) is 5.91 Å². The summed E-state index contributed by atoms with van der Waals surface area (Å²) < 4.78 is 0. The summed E-state index contributed by atoms with van der Waals surface area (Å²) >= 11 is 0. The lowest BCUT2D eigenvalue weighted by atomic mass is 10.1. The Bertz CT molecular complexity index is 981. The van der Waals surface area contributed by atoms with Crippen LogP contribution in [0, 0.1) is 6.92 Å². The molecule has 1 amide bonds. The van der Waals surface area contributed by atoms with E-state index in [1.165, 1.54) is 49.2 Å². The molecule has 1 saturated heterocycles. The third kappa shape index (κ3) is 4.31. The fourth-order valence-corrected chi connectivity index (χ4v) is 4.36. The van der Waals surface area contributed by atoms with Crippen LogP contribution in [0.3, 0.4) is 0 Å². The number of hydrogen-bond donors (Lipinski definition) is 2. The van der Waals surface area contributed by atoms with Crippen molar-refractivity contribution >= 4 is 22.5 Å². The van der Waals surface area contributed by atoms with E-state index in [0.29, 0.717) is 12.2 Å². The summed E-state index contributed by atoms with van der Waals surface area (Å²) in [5.74, 6) is -0.0133. The van der Waals surface area contributed by atoms with Crippen LogP contribution in [0.15, 0.2) is 42.5 Å². The van der Waals surface area contributed by atoms with Crippen LogP contribution in [-0.4, -0.2) is 30.5 Å². The third-order valence-electron chi connectivity index (χ3n) is 6.00. The number of carbonyl (C=O) groups is 1. The molecule has 2 heterocycles. The maximum Gasteiger partial charge on any atom is 0.268 e. The molecular formula is C25H31N3O. The molecule has 0 spiro atoms. The van der Waals surface area contributed by atoms with Crippen molar-refractivity contribution in [1.29, 1.82) is 0 Å². The summed E-state index contributed by atoms with van der Waals surface area (Å²) in [6.45, 7) is 7.16. The molecule has 3 aromatic rings. The van der Waals surface area contributed by atoms with Gasteiger partial charge in [0, 0.05) is 36.2 Å². The number of nitrogens with one attached hydrogen (secondary N) is 2. The molecule has 0 bridgehead atoms. The molecule has 4 heteroatoms. The van der Waals surface area contributed by atoms with Crippen LogP contribution in [0.25, 0.3) is 10.9 Å². The number of hydrogen-bond acceptors (Lipinski definition) is 2. The van der Waals surface area contributed by atoms with Gasteiger partial charge in [0.25, 0.3) is 5.91 Å². The largest absolute Gasteiger partial charge is 0.372 e. The van der Waals surface area contributed by atoms with Crippen molar-refractivity contribution in [3.8, 4) is 0 Å². The van der Waals surface area contributed by atoms with Gasteiger partial charge in [0.1, 0.15) is 5.69 Å². The second kappa shape index (κ2) is 8.73. The number of nitrogens with zero attached hydrogens (tertiary/aromatic N) is 1. The minimum atomic E-state index is -0.0133. The monoisotopic (exact) mass is 389 g/mol. The van der Waals surface area contributed by atoms with E-state index in [4.69, 9.17) is 0 Å². The Morgan fingerprint density at radius 2 is 1.83 bits per heavy atom. The number of amides is 1. The Labute approximate surface area is 173 Å². The Balaban J connectivity index is 1.37. The number of aromatic amines is 1. The highest BCUT2D eigenvalue weighted by Gasteiger charge is 2.16. The van der Waals surface area contributed by atoms with Crippen molar-refractivity contribution in [2.45, 2.75) is 46.0 Å². The molecule has 0 saturated carbocycles. The lowest BCUT2D eigenvalue weighted by Gasteiger charge is -2.28. The summed E-state index contributed by atoms with van der Waals surface area (Å²) in [5, 5.41) is 4.25. The molecule has 0 aliphatic carbocycles.